The van der Waals surface area contributed by atoms with Crippen LogP contribution in [0.25, 0.3) is 22.4 Å². The highest BCUT2D eigenvalue weighted by molar-refractivity contribution is 8.00. The molecule has 1 amide bonds. The van der Waals surface area contributed by atoms with Gasteiger partial charge in [0.05, 0.1) is 37.8 Å². The van der Waals surface area contributed by atoms with E-state index in [0.717, 1.165) is 23.0 Å². The van der Waals surface area contributed by atoms with Crippen molar-refractivity contribution >= 4 is 40.0 Å². The zero-order chi connectivity index (χ0) is 29.5. The Hall–Kier alpha value is -4.78. The Kier molecular flexibility index (Phi) is 9.30. The number of nitrogen functional groups attached to an aromatic ring is 1. The van der Waals surface area contributed by atoms with Gasteiger partial charge in [0, 0.05) is 16.5 Å². The molecule has 2 aromatic carbocycles. The molecular formula is C29H26N6O4S2. The van der Waals surface area contributed by atoms with Gasteiger partial charge in [0.15, 0.2) is 16.6 Å². The Morgan fingerprint density at radius 2 is 1.68 bits per heavy atom. The van der Waals surface area contributed by atoms with Gasteiger partial charge >= 0.3 is 0 Å². The Morgan fingerprint density at radius 1 is 1.02 bits per heavy atom. The molecule has 0 aliphatic carbocycles. The number of anilines is 2. The fourth-order valence-corrected chi connectivity index (χ4v) is 5.85. The van der Waals surface area contributed by atoms with Gasteiger partial charge in [-0.1, -0.05) is 49.0 Å². The number of ether oxygens (including phenoxy) is 3. The molecule has 3 N–H and O–H groups in total. The van der Waals surface area contributed by atoms with E-state index in [1.807, 2.05) is 42.6 Å². The predicted octanol–water partition coefficient (Wildman–Crippen LogP) is 5.73. The van der Waals surface area contributed by atoms with E-state index in [1.54, 1.807) is 12.1 Å². The normalized spacial score (nSPS) is 11.2. The number of carbonyl (C=O) groups is 1. The number of benzene rings is 2. The SMILES string of the molecule is CCC(Sc1nc(N)c(C#N)c(-c2cc(OC)c(OC)c(OC)c2)c1C#N)C(=O)Nc1nc(-c2ccccc2)cs1. The van der Waals surface area contributed by atoms with Crippen molar-refractivity contribution in [3.8, 4) is 51.8 Å². The van der Waals surface area contributed by atoms with Crippen molar-refractivity contribution in [2.24, 2.45) is 0 Å². The van der Waals surface area contributed by atoms with Crippen molar-refractivity contribution in [3.63, 3.8) is 0 Å². The number of methoxy groups -OCH3 is 3. The van der Waals surface area contributed by atoms with Crippen LogP contribution < -0.4 is 25.3 Å². The van der Waals surface area contributed by atoms with Crippen molar-refractivity contribution < 1.29 is 19.0 Å². The van der Waals surface area contributed by atoms with Gasteiger partial charge in [-0.15, -0.1) is 11.3 Å². The fraction of sp³-hybridized carbons (Fsp3) is 0.207. The molecule has 0 fully saturated rings. The second kappa shape index (κ2) is 13.0. The van der Waals surface area contributed by atoms with E-state index >= 15 is 0 Å². The number of nitrogens with one attached hydrogen (secondary N) is 1. The van der Waals surface area contributed by atoms with Crippen LogP contribution >= 0.6 is 23.1 Å². The molecule has 0 spiro atoms. The number of nitriles is 2. The summed E-state index contributed by atoms with van der Waals surface area (Å²) in [5.41, 5.74) is 8.74. The van der Waals surface area contributed by atoms with Crippen molar-refractivity contribution in [1.29, 1.82) is 10.5 Å². The minimum Gasteiger partial charge on any atom is -0.493 e. The summed E-state index contributed by atoms with van der Waals surface area (Å²) in [6, 6.07) is 17.1. The number of hydrogen-bond donors (Lipinski definition) is 2. The van der Waals surface area contributed by atoms with Crippen LogP contribution in [0.2, 0.25) is 0 Å². The van der Waals surface area contributed by atoms with E-state index in [9.17, 15) is 15.3 Å². The summed E-state index contributed by atoms with van der Waals surface area (Å²) in [4.78, 5) is 22.2. The van der Waals surface area contributed by atoms with Crippen LogP contribution in [0, 0.1) is 22.7 Å². The Labute approximate surface area is 245 Å². The van der Waals surface area contributed by atoms with Crippen molar-refractivity contribution in [2.75, 3.05) is 32.4 Å². The standard InChI is InChI=1S/C29H26N6O4S2/c1-5-23(27(36)35-29-33-20(15-40-29)16-9-7-6-8-10-16)41-28-19(14-31)24(18(13-30)26(32)34-28)17-11-21(37-2)25(39-4)22(12-17)38-3/h6-12,15,23H,5H2,1-4H3,(H2,32,34)(H,33,35,36). The van der Waals surface area contributed by atoms with E-state index < -0.39 is 5.25 Å². The van der Waals surface area contributed by atoms with Crippen LogP contribution in [0.1, 0.15) is 24.5 Å². The van der Waals surface area contributed by atoms with Crippen LogP contribution in [-0.4, -0.2) is 42.5 Å². The van der Waals surface area contributed by atoms with Gasteiger partial charge in [0.2, 0.25) is 11.7 Å². The number of pyridine rings is 1. The monoisotopic (exact) mass is 586 g/mol. The fourth-order valence-electron chi connectivity index (χ4n) is 4.11. The maximum absolute atomic E-state index is 13.3. The molecule has 12 heteroatoms. The maximum atomic E-state index is 13.3. The van der Waals surface area contributed by atoms with Crippen molar-refractivity contribution in [2.45, 2.75) is 23.6 Å². The summed E-state index contributed by atoms with van der Waals surface area (Å²) >= 11 is 2.42. The van der Waals surface area contributed by atoms with E-state index in [4.69, 9.17) is 19.9 Å². The summed E-state index contributed by atoms with van der Waals surface area (Å²) in [6.07, 6.45) is 0.430. The number of thioether (sulfide) groups is 1. The topological polar surface area (TPSA) is 156 Å². The average Bonchev–Trinajstić information content (AvgIpc) is 3.47. The zero-order valence-corrected chi connectivity index (χ0v) is 24.4. The number of aromatic nitrogens is 2. The number of nitrogens with two attached hydrogens (primary N) is 1. The molecule has 1 unspecified atom stereocenters. The van der Waals surface area contributed by atoms with Gasteiger partial charge in [-0.3, -0.25) is 4.79 Å². The van der Waals surface area contributed by atoms with Gasteiger partial charge in [0.25, 0.3) is 0 Å². The molecule has 10 nitrogen and oxygen atoms in total. The van der Waals surface area contributed by atoms with Crippen molar-refractivity contribution in [1.82, 2.24) is 9.97 Å². The van der Waals surface area contributed by atoms with E-state index in [0.29, 0.717) is 34.4 Å². The molecule has 0 bridgehead atoms. The highest BCUT2D eigenvalue weighted by Crippen LogP contribution is 2.45. The highest BCUT2D eigenvalue weighted by atomic mass is 32.2. The molecule has 0 aliphatic heterocycles. The molecule has 4 aromatic rings. The summed E-state index contributed by atoms with van der Waals surface area (Å²) < 4.78 is 16.3. The first-order valence-electron chi connectivity index (χ1n) is 12.3. The predicted molar refractivity (Wildman–Crippen MR) is 159 cm³/mol. The smallest absolute Gasteiger partial charge is 0.239 e. The maximum Gasteiger partial charge on any atom is 0.239 e. The molecule has 2 heterocycles. The summed E-state index contributed by atoms with van der Waals surface area (Å²) in [6.45, 7) is 1.85. The van der Waals surface area contributed by atoms with Crippen LogP contribution in [0.3, 0.4) is 0 Å². The first-order chi connectivity index (χ1) is 19.9. The molecule has 1 atom stereocenters. The average molecular weight is 587 g/mol. The summed E-state index contributed by atoms with van der Waals surface area (Å²) in [7, 11) is 4.41. The van der Waals surface area contributed by atoms with Gasteiger partial charge in [-0.05, 0) is 24.1 Å². The third-order valence-corrected chi connectivity index (χ3v) is 8.20. The van der Waals surface area contributed by atoms with Gasteiger partial charge in [0.1, 0.15) is 28.5 Å². The quantitative estimate of drug-likeness (QED) is 0.220. The third-order valence-electron chi connectivity index (χ3n) is 6.09. The van der Waals surface area contributed by atoms with Crippen LogP contribution in [0.15, 0.2) is 52.9 Å². The third kappa shape index (κ3) is 6.04. The zero-order valence-electron chi connectivity index (χ0n) is 22.7. The first-order valence-corrected chi connectivity index (χ1v) is 14.1. The minimum absolute atomic E-state index is 0.0221. The summed E-state index contributed by atoms with van der Waals surface area (Å²) in [5.74, 6) is 0.661. The van der Waals surface area contributed by atoms with Gasteiger partial charge in [-0.2, -0.15) is 10.5 Å². The molecule has 0 aliphatic rings. The first kappa shape index (κ1) is 29.2. The lowest BCUT2D eigenvalue weighted by atomic mass is 9.96. The highest BCUT2D eigenvalue weighted by Gasteiger charge is 2.27. The van der Waals surface area contributed by atoms with E-state index in [-0.39, 0.29) is 33.4 Å². The molecule has 0 saturated carbocycles. The van der Waals surface area contributed by atoms with Gasteiger partial charge in [-0.25, -0.2) is 9.97 Å². The molecule has 41 heavy (non-hydrogen) atoms. The molecule has 0 radical (unpaired) electrons. The molecular weight excluding hydrogens is 560 g/mol. The van der Waals surface area contributed by atoms with E-state index in [1.165, 1.54) is 32.7 Å². The minimum atomic E-state index is -0.626. The van der Waals surface area contributed by atoms with E-state index in [2.05, 4.69) is 27.4 Å². The number of nitrogens with zero attached hydrogens (tertiary/aromatic N) is 4. The van der Waals surface area contributed by atoms with Crippen LogP contribution in [0.4, 0.5) is 10.9 Å². The Balaban J connectivity index is 1.71. The van der Waals surface area contributed by atoms with Gasteiger partial charge < -0.3 is 25.3 Å². The second-order valence-electron chi connectivity index (χ2n) is 8.47. The number of rotatable bonds is 10. The largest absolute Gasteiger partial charge is 0.493 e. The second-order valence-corrected chi connectivity index (χ2v) is 10.5. The lowest BCUT2D eigenvalue weighted by molar-refractivity contribution is -0.115. The number of carbonyl (C=O) groups excluding carboxylic acids is 1. The van der Waals surface area contributed by atoms with Crippen LogP contribution in [-0.2, 0) is 4.79 Å². The van der Waals surface area contributed by atoms with Crippen LogP contribution in [0.5, 0.6) is 17.2 Å². The molecule has 2 aromatic heterocycles. The molecule has 0 saturated heterocycles. The Bertz CT molecular complexity index is 1640. The summed E-state index contributed by atoms with van der Waals surface area (Å²) in [5, 5.41) is 25.0. The molecule has 208 valence electrons. The number of hydrogen-bond acceptors (Lipinski definition) is 11. The molecule has 4 rings (SSSR count). The number of thiazole rings is 1. The number of amides is 1. The van der Waals surface area contributed by atoms with Crippen molar-refractivity contribution in [3.05, 3.63) is 59.0 Å². The lowest BCUT2D eigenvalue weighted by Crippen LogP contribution is -2.25. The Morgan fingerprint density at radius 3 is 2.24 bits per heavy atom. The lowest BCUT2D eigenvalue weighted by Gasteiger charge is -2.18.